The first kappa shape index (κ1) is 11.2. The molecule has 0 N–H and O–H groups in total. The highest BCUT2D eigenvalue weighted by atomic mass is 35.5. The van der Waals surface area contributed by atoms with E-state index < -0.39 is 23.3 Å². The number of ether oxygens (including phenoxy) is 1. The van der Waals surface area contributed by atoms with Crippen LogP contribution in [0.3, 0.4) is 0 Å². The van der Waals surface area contributed by atoms with E-state index in [9.17, 15) is 4.79 Å². The maximum atomic E-state index is 12.9. The summed E-state index contributed by atoms with van der Waals surface area (Å²) in [6.45, 7) is 1.73. The molecule has 0 saturated heterocycles. The molecule has 118 valence electrons. The number of alkyl halides is 1. The van der Waals surface area contributed by atoms with E-state index in [1.54, 1.807) is 12.1 Å². The zero-order chi connectivity index (χ0) is 19.8. The summed E-state index contributed by atoms with van der Waals surface area (Å²) >= 11 is 5.56. The molecule has 23 heavy (non-hydrogen) atoms. The molecule has 0 fully saturated rings. The first-order valence-electron chi connectivity index (χ1n) is 9.01. The molecule has 5 heteroatoms. The molecule has 0 aliphatic carbocycles. The van der Waals surface area contributed by atoms with Crippen LogP contribution in [0.1, 0.15) is 22.3 Å². The van der Waals surface area contributed by atoms with Crippen LogP contribution in [-0.4, -0.2) is 15.2 Å². The number of fused-ring (bicyclic) bond motifs is 1. The third-order valence-corrected chi connectivity index (χ3v) is 3.50. The lowest BCUT2D eigenvalue weighted by Crippen LogP contribution is -2.22. The third-order valence-electron chi connectivity index (χ3n) is 3.41. The van der Waals surface area contributed by atoms with Gasteiger partial charge in [-0.05, 0) is 31.0 Å². The minimum atomic E-state index is -2.77. The second-order valence-corrected chi connectivity index (χ2v) is 5.13. The van der Waals surface area contributed by atoms with Crippen molar-refractivity contribution in [2.45, 2.75) is 19.9 Å². The molecule has 2 heterocycles. The highest BCUT2D eigenvalue weighted by Crippen LogP contribution is 2.19. The quantitative estimate of drug-likeness (QED) is 0.673. The van der Waals surface area contributed by atoms with Gasteiger partial charge in [0.1, 0.15) is 6.61 Å². The van der Waals surface area contributed by atoms with Crippen LogP contribution in [0, 0.1) is 6.92 Å². The minimum absolute atomic E-state index is 0.0605. The first-order valence-corrected chi connectivity index (χ1v) is 7.39. The third kappa shape index (κ3) is 3.22. The molecule has 1 aromatic carbocycles. The number of aryl methyl sites for hydroxylation is 1. The van der Waals surface area contributed by atoms with Gasteiger partial charge in [0.05, 0.1) is 0 Å². The minimum Gasteiger partial charge on any atom is -0.485 e. The Balaban J connectivity index is 2.10. The summed E-state index contributed by atoms with van der Waals surface area (Å²) in [6.07, 6.45) is -1.28. The van der Waals surface area contributed by atoms with E-state index in [2.05, 4.69) is 4.98 Å². The van der Waals surface area contributed by atoms with E-state index in [0.717, 1.165) is 9.96 Å². The zero-order valence-corrected chi connectivity index (χ0v) is 13.2. The zero-order valence-electron chi connectivity index (χ0n) is 16.4. The van der Waals surface area contributed by atoms with Crippen LogP contribution in [0.15, 0.2) is 53.5 Å². The van der Waals surface area contributed by atoms with Crippen LogP contribution in [0.25, 0.3) is 5.65 Å². The molecule has 0 bridgehead atoms. The molecule has 0 amide bonds. The van der Waals surface area contributed by atoms with Crippen molar-refractivity contribution in [1.29, 1.82) is 0 Å². The fourth-order valence-corrected chi connectivity index (χ4v) is 2.38. The standard InChI is InChI=1S/C18H17ClN2O2/c1-13-15(9-10-19)18(22)21-11-5-8-16(17(21)20-13)23-12-14-6-3-2-4-7-14/h2-8,11H,9-10,12H2,1H3/i9D2,10D2. The molecule has 0 atom stereocenters. The van der Waals surface area contributed by atoms with Crippen molar-refractivity contribution in [2.75, 3.05) is 5.83 Å². The number of benzene rings is 1. The number of hydrogen-bond donors (Lipinski definition) is 0. The van der Waals surface area contributed by atoms with E-state index >= 15 is 0 Å². The fourth-order valence-electron chi connectivity index (χ4n) is 2.28. The molecule has 4 nitrogen and oxygen atoms in total. The van der Waals surface area contributed by atoms with Crippen LogP contribution in [0.2, 0.25) is 0 Å². The SMILES string of the molecule is [2H]C([2H])(Cl)C([2H])([2H])c1c(C)nc2c(OCc3ccccc3)cccn2c1=O. The lowest BCUT2D eigenvalue weighted by molar-refractivity contribution is 0.308. The molecule has 3 aromatic rings. The maximum absolute atomic E-state index is 12.9. The molecule has 0 spiro atoms. The van der Waals surface area contributed by atoms with Crippen molar-refractivity contribution in [3.05, 3.63) is 75.8 Å². The summed E-state index contributed by atoms with van der Waals surface area (Å²) in [6, 6.07) is 12.7. The van der Waals surface area contributed by atoms with Gasteiger partial charge in [0.15, 0.2) is 11.4 Å². The smallest absolute Gasteiger partial charge is 0.261 e. The van der Waals surface area contributed by atoms with Gasteiger partial charge in [0.25, 0.3) is 5.56 Å². The Labute approximate surface area is 144 Å². The largest absolute Gasteiger partial charge is 0.485 e. The number of halogens is 1. The number of rotatable bonds is 5. The lowest BCUT2D eigenvalue weighted by Gasteiger charge is -2.11. The molecule has 0 radical (unpaired) electrons. The average Bonchev–Trinajstić information content (AvgIpc) is 2.60. The number of pyridine rings is 1. The van der Waals surface area contributed by atoms with Crippen LogP contribution < -0.4 is 10.3 Å². The average molecular weight is 333 g/mol. The molecule has 2 aromatic heterocycles. The van der Waals surface area contributed by atoms with E-state index in [0.29, 0.717) is 5.75 Å². The number of aromatic nitrogens is 2. The molecule has 0 aliphatic rings. The van der Waals surface area contributed by atoms with Gasteiger partial charge in [-0.1, -0.05) is 30.3 Å². The van der Waals surface area contributed by atoms with Gasteiger partial charge < -0.3 is 4.74 Å². The van der Waals surface area contributed by atoms with Crippen molar-refractivity contribution in [1.82, 2.24) is 9.38 Å². The van der Waals surface area contributed by atoms with Gasteiger partial charge in [-0.3, -0.25) is 9.20 Å². The summed E-state index contributed by atoms with van der Waals surface area (Å²) in [4.78, 5) is 17.2. The summed E-state index contributed by atoms with van der Waals surface area (Å²) in [5.41, 5.74) is 0.0927. The molecular weight excluding hydrogens is 312 g/mol. The summed E-state index contributed by atoms with van der Waals surface area (Å²) in [7, 11) is 0. The Kier molecular flexibility index (Phi) is 3.34. The second kappa shape index (κ2) is 6.84. The van der Waals surface area contributed by atoms with Gasteiger partial charge in [0, 0.05) is 28.8 Å². The lowest BCUT2D eigenvalue weighted by atomic mass is 10.2. The molecule has 0 saturated carbocycles. The second-order valence-electron chi connectivity index (χ2n) is 4.94. The normalized spacial score (nSPS) is 14.7. The monoisotopic (exact) mass is 332 g/mol. The molecule has 0 unspecified atom stereocenters. The Morgan fingerprint density at radius 3 is 2.78 bits per heavy atom. The van der Waals surface area contributed by atoms with Crippen molar-refractivity contribution >= 4 is 17.2 Å². The topological polar surface area (TPSA) is 43.6 Å². The van der Waals surface area contributed by atoms with Crippen LogP contribution in [-0.2, 0) is 13.0 Å². The van der Waals surface area contributed by atoms with E-state index in [-0.39, 0.29) is 17.9 Å². The summed E-state index contributed by atoms with van der Waals surface area (Å²) in [5.74, 6) is -2.41. The van der Waals surface area contributed by atoms with Crippen molar-refractivity contribution in [3.63, 3.8) is 0 Å². The molecule has 3 rings (SSSR count). The van der Waals surface area contributed by atoms with Gasteiger partial charge in [-0.25, -0.2) is 4.98 Å². The van der Waals surface area contributed by atoms with Crippen LogP contribution >= 0.6 is 11.6 Å². The predicted molar refractivity (Wildman–Crippen MR) is 91.4 cm³/mol. The Hall–Kier alpha value is -2.33. The van der Waals surface area contributed by atoms with Crippen LogP contribution in [0.4, 0.5) is 0 Å². The number of hydrogen-bond acceptors (Lipinski definition) is 3. The van der Waals surface area contributed by atoms with Crippen LogP contribution in [0.5, 0.6) is 5.75 Å². The van der Waals surface area contributed by atoms with Crippen molar-refractivity contribution in [2.24, 2.45) is 0 Å². The van der Waals surface area contributed by atoms with Gasteiger partial charge in [-0.2, -0.15) is 0 Å². The van der Waals surface area contributed by atoms with Crippen molar-refractivity contribution < 1.29 is 10.2 Å². The summed E-state index contributed by atoms with van der Waals surface area (Å²) in [5, 5.41) is 0. The van der Waals surface area contributed by atoms with E-state index in [1.165, 1.54) is 13.1 Å². The van der Waals surface area contributed by atoms with E-state index in [1.807, 2.05) is 30.3 Å². The number of nitrogens with zero attached hydrogens (tertiary/aromatic N) is 2. The summed E-state index contributed by atoms with van der Waals surface area (Å²) < 4.78 is 38.0. The highest BCUT2D eigenvalue weighted by molar-refractivity contribution is 6.18. The molecular formula is C18H17ClN2O2. The Morgan fingerprint density at radius 1 is 1.26 bits per heavy atom. The Bertz CT molecular complexity index is 1030. The fraction of sp³-hybridized carbons (Fsp3) is 0.222. The first-order chi connectivity index (χ1) is 12.6. The van der Waals surface area contributed by atoms with E-state index in [4.69, 9.17) is 21.8 Å². The predicted octanol–water partition coefficient (Wildman–Crippen LogP) is 3.36. The highest BCUT2D eigenvalue weighted by Gasteiger charge is 2.12. The Morgan fingerprint density at radius 2 is 2.04 bits per heavy atom. The van der Waals surface area contributed by atoms with Gasteiger partial charge >= 0.3 is 0 Å². The maximum Gasteiger partial charge on any atom is 0.261 e. The molecule has 0 aliphatic heterocycles. The van der Waals surface area contributed by atoms with Gasteiger partial charge in [0.2, 0.25) is 0 Å². The van der Waals surface area contributed by atoms with Crippen molar-refractivity contribution in [3.8, 4) is 5.75 Å². The van der Waals surface area contributed by atoms with Gasteiger partial charge in [-0.15, -0.1) is 11.6 Å².